The van der Waals surface area contributed by atoms with Crippen LogP contribution in [0.3, 0.4) is 0 Å². The van der Waals surface area contributed by atoms with Crippen molar-refractivity contribution in [3.63, 3.8) is 0 Å². The average molecular weight is 337 g/mol. The van der Waals surface area contributed by atoms with E-state index in [1.165, 1.54) is 6.92 Å². The number of Topliss-reactive ketones (excluding diaryl/α,β-unsaturated/α-hetero) is 1. The van der Waals surface area contributed by atoms with Gasteiger partial charge in [-0.15, -0.1) is 0 Å². The van der Waals surface area contributed by atoms with Crippen molar-refractivity contribution in [3.05, 3.63) is 65.2 Å². The molecule has 0 unspecified atom stereocenters. The molecule has 0 atom stereocenters. The summed E-state index contributed by atoms with van der Waals surface area (Å²) in [4.78, 5) is 23.2. The zero-order valence-corrected chi connectivity index (χ0v) is 14.0. The number of esters is 1. The third-order valence-corrected chi connectivity index (χ3v) is 3.57. The fourth-order valence-corrected chi connectivity index (χ4v) is 2.26. The van der Waals surface area contributed by atoms with Crippen molar-refractivity contribution in [3.8, 4) is 11.8 Å². The normalized spacial score (nSPS) is 9.92. The van der Waals surface area contributed by atoms with E-state index in [-0.39, 0.29) is 31.4 Å². The number of para-hydroxylation sites is 1. The molecule has 0 aliphatic carbocycles. The summed E-state index contributed by atoms with van der Waals surface area (Å²) >= 11 is 0. The molecule has 5 nitrogen and oxygen atoms in total. The predicted molar refractivity (Wildman–Crippen MR) is 92.4 cm³/mol. The standard InChI is InChI=1S/C20H19NO4/c1-15(22)18-4-2-3-5-19(18)24-12-13-25-20(23)11-10-16-6-8-17(14-21)9-7-16/h2-9H,10-13H2,1H3. The lowest BCUT2D eigenvalue weighted by Gasteiger charge is -2.10. The van der Waals surface area contributed by atoms with Gasteiger partial charge >= 0.3 is 5.97 Å². The minimum atomic E-state index is -0.312. The molecule has 2 aromatic carbocycles. The van der Waals surface area contributed by atoms with Crippen LogP contribution < -0.4 is 4.74 Å². The second-order valence-corrected chi connectivity index (χ2v) is 5.43. The van der Waals surface area contributed by atoms with E-state index < -0.39 is 0 Å². The fraction of sp³-hybridized carbons (Fsp3) is 0.250. The van der Waals surface area contributed by atoms with Crippen LogP contribution >= 0.6 is 0 Å². The maximum Gasteiger partial charge on any atom is 0.306 e. The summed E-state index contributed by atoms with van der Waals surface area (Å²) in [5.74, 6) is 0.103. The molecule has 0 aromatic heterocycles. The molecular weight excluding hydrogens is 318 g/mol. The smallest absolute Gasteiger partial charge is 0.306 e. The Morgan fingerprint density at radius 2 is 1.76 bits per heavy atom. The van der Waals surface area contributed by atoms with Crippen LogP contribution in [-0.2, 0) is 16.0 Å². The minimum absolute atomic E-state index is 0.0741. The molecule has 0 bridgehead atoms. The van der Waals surface area contributed by atoms with Gasteiger partial charge in [0.25, 0.3) is 0 Å². The van der Waals surface area contributed by atoms with Crippen LogP contribution in [0.15, 0.2) is 48.5 Å². The summed E-state index contributed by atoms with van der Waals surface area (Å²) in [5, 5.41) is 8.74. The summed E-state index contributed by atoms with van der Waals surface area (Å²) < 4.78 is 10.6. The number of carbonyl (C=O) groups is 2. The molecule has 2 aromatic rings. The lowest BCUT2D eigenvalue weighted by atomic mass is 10.1. The molecule has 0 aliphatic heterocycles. The zero-order valence-electron chi connectivity index (χ0n) is 14.0. The fourth-order valence-electron chi connectivity index (χ4n) is 2.26. The van der Waals surface area contributed by atoms with E-state index >= 15 is 0 Å². The number of carbonyl (C=O) groups excluding carboxylic acids is 2. The van der Waals surface area contributed by atoms with E-state index in [9.17, 15) is 9.59 Å². The van der Waals surface area contributed by atoms with E-state index in [0.29, 0.717) is 23.3 Å². The molecule has 128 valence electrons. The summed E-state index contributed by atoms with van der Waals surface area (Å²) in [6.45, 7) is 1.79. The Hall–Kier alpha value is -3.13. The lowest BCUT2D eigenvalue weighted by Crippen LogP contribution is -2.13. The second kappa shape index (κ2) is 9.24. The van der Waals surface area contributed by atoms with Crippen molar-refractivity contribution >= 4 is 11.8 Å². The van der Waals surface area contributed by atoms with Crippen LogP contribution in [0.1, 0.15) is 34.8 Å². The molecule has 0 N–H and O–H groups in total. The molecule has 25 heavy (non-hydrogen) atoms. The molecular formula is C20H19NO4. The number of aryl methyl sites for hydroxylation is 1. The number of nitriles is 1. The van der Waals surface area contributed by atoms with Crippen LogP contribution in [0.5, 0.6) is 5.75 Å². The maximum atomic E-state index is 11.7. The summed E-state index contributed by atoms with van der Waals surface area (Å²) in [5.41, 5.74) is 2.08. The Morgan fingerprint density at radius 1 is 1.04 bits per heavy atom. The Balaban J connectivity index is 1.70. The molecule has 0 saturated heterocycles. The van der Waals surface area contributed by atoms with Gasteiger partial charge in [-0.25, -0.2) is 0 Å². The first-order valence-corrected chi connectivity index (χ1v) is 7.97. The van der Waals surface area contributed by atoms with Gasteiger partial charge in [0.1, 0.15) is 19.0 Å². The highest BCUT2D eigenvalue weighted by atomic mass is 16.6. The Labute approximate surface area is 146 Å². The van der Waals surface area contributed by atoms with Gasteiger partial charge in [0.15, 0.2) is 5.78 Å². The topological polar surface area (TPSA) is 76.4 Å². The third kappa shape index (κ3) is 5.78. The van der Waals surface area contributed by atoms with Crippen LogP contribution in [0.2, 0.25) is 0 Å². The van der Waals surface area contributed by atoms with Gasteiger partial charge in [-0.3, -0.25) is 9.59 Å². The number of hydrogen-bond acceptors (Lipinski definition) is 5. The van der Waals surface area contributed by atoms with E-state index in [4.69, 9.17) is 14.7 Å². The van der Waals surface area contributed by atoms with Gasteiger partial charge in [-0.1, -0.05) is 24.3 Å². The Kier molecular flexibility index (Phi) is 6.73. The van der Waals surface area contributed by atoms with E-state index in [1.54, 1.807) is 36.4 Å². The van der Waals surface area contributed by atoms with Gasteiger partial charge in [-0.2, -0.15) is 5.26 Å². The van der Waals surface area contributed by atoms with Gasteiger partial charge < -0.3 is 9.47 Å². The summed E-state index contributed by atoms with van der Waals surface area (Å²) in [6, 6.07) is 16.1. The van der Waals surface area contributed by atoms with Crippen molar-refractivity contribution in [1.82, 2.24) is 0 Å². The number of benzene rings is 2. The van der Waals surface area contributed by atoms with Crippen LogP contribution in [0.4, 0.5) is 0 Å². The van der Waals surface area contributed by atoms with E-state index in [2.05, 4.69) is 6.07 Å². The molecule has 0 radical (unpaired) electrons. The molecule has 0 saturated carbocycles. The highest BCUT2D eigenvalue weighted by Crippen LogP contribution is 2.18. The maximum absolute atomic E-state index is 11.7. The van der Waals surface area contributed by atoms with Gasteiger partial charge in [0.2, 0.25) is 0 Å². The summed E-state index contributed by atoms with van der Waals surface area (Å²) in [6.07, 6.45) is 0.814. The van der Waals surface area contributed by atoms with Crippen molar-refractivity contribution in [2.24, 2.45) is 0 Å². The number of nitrogens with zero attached hydrogens (tertiary/aromatic N) is 1. The van der Waals surface area contributed by atoms with Gasteiger partial charge in [-0.05, 0) is 43.2 Å². The molecule has 0 spiro atoms. The second-order valence-electron chi connectivity index (χ2n) is 5.43. The largest absolute Gasteiger partial charge is 0.489 e. The first kappa shape index (κ1) is 18.2. The zero-order chi connectivity index (χ0) is 18.1. The molecule has 5 heteroatoms. The van der Waals surface area contributed by atoms with Crippen LogP contribution in [0.25, 0.3) is 0 Å². The van der Waals surface area contributed by atoms with Gasteiger partial charge in [0.05, 0.1) is 17.2 Å². The third-order valence-electron chi connectivity index (χ3n) is 3.57. The van der Waals surface area contributed by atoms with Crippen molar-refractivity contribution < 1.29 is 19.1 Å². The van der Waals surface area contributed by atoms with Crippen LogP contribution in [0, 0.1) is 11.3 Å². The number of hydrogen-bond donors (Lipinski definition) is 0. The highest BCUT2D eigenvalue weighted by Gasteiger charge is 2.08. The van der Waals surface area contributed by atoms with Crippen molar-refractivity contribution in [2.75, 3.05) is 13.2 Å². The first-order chi connectivity index (χ1) is 12.1. The van der Waals surface area contributed by atoms with Crippen molar-refractivity contribution in [2.45, 2.75) is 19.8 Å². The molecule has 0 amide bonds. The Morgan fingerprint density at radius 3 is 2.44 bits per heavy atom. The Bertz CT molecular complexity index is 775. The molecule has 0 fully saturated rings. The van der Waals surface area contributed by atoms with Crippen molar-refractivity contribution in [1.29, 1.82) is 5.26 Å². The molecule has 0 heterocycles. The number of ketones is 1. The minimum Gasteiger partial charge on any atom is -0.489 e. The molecule has 0 aliphatic rings. The van der Waals surface area contributed by atoms with Gasteiger partial charge in [0, 0.05) is 6.42 Å². The summed E-state index contributed by atoms with van der Waals surface area (Å²) in [7, 11) is 0. The van der Waals surface area contributed by atoms with E-state index in [0.717, 1.165) is 5.56 Å². The molecule has 2 rings (SSSR count). The average Bonchev–Trinajstić information content (AvgIpc) is 2.64. The highest BCUT2D eigenvalue weighted by molar-refractivity contribution is 5.96. The quantitative estimate of drug-likeness (QED) is 0.419. The lowest BCUT2D eigenvalue weighted by molar-refractivity contribution is -0.144. The van der Waals surface area contributed by atoms with Crippen LogP contribution in [-0.4, -0.2) is 25.0 Å². The monoisotopic (exact) mass is 337 g/mol. The predicted octanol–water partition coefficient (Wildman–Crippen LogP) is 3.32. The van der Waals surface area contributed by atoms with E-state index in [1.807, 2.05) is 12.1 Å². The number of rotatable bonds is 8. The SMILES string of the molecule is CC(=O)c1ccccc1OCCOC(=O)CCc1ccc(C#N)cc1. The first-order valence-electron chi connectivity index (χ1n) is 7.97. The number of ether oxygens (including phenoxy) is 2.